The van der Waals surface area contributed by atoms with Gasteiger partial charge in [-0.2, -0.15) is 0 Å². The van der Waals surface area contributed by atoms with Gasteiger partial charge < -0.3 is 19.4 Å². The van der Waals surface area contributed by atoms with Crippen molar-refractivity contribution >= 4 is 40.7 Å². The summed E-state index contributed by atoms with van der Waals surface area (Å²) < 4.78 is 5.52. The van der Waals surface area contributed by atoms with Crippen molar-refractivity contribution in [3.63, 3.8) is 0 Å². The van der Waals surface area contributed by atoms with E-state index in [1.807, 2.05) is 87.3 Å². The molecule has 4 rings (SSSR count). The van der Waals surface area contributed by atoms with Crippen LogP contribution in [0.15, 0.2) is 54.6 Å². The first-order chi connectivity index (χ1) is 16.7. The molecule has 1 aromatic heterocycles. The van der Waals surface area contributed by atoms with Gasteiger partial charge in [0.1, 0.15) is 6.10 Å². The van der Waals surface area contributed by atoms with Gasteiger partial charge in [-0.1, -0.05) is 0 Å². The first kappa shape index (κ1) is 24.0. The molecule has 35 heavy (non-hydrogen) atoms. The van der Waals surface area contributed by atoms with Gasteiger partial charge in [0.05, 0.1) is 13.0 Å². The number of amides is 2. The molecular formula is C26H30N6O3. The average Bonchev–Trinajstić information content (AvgIpc) is 3.18. The van der Waals surface area contributed by atoms with Crippen LogP contribution in [0.4, 0.5) is 33.5 Å². The molecule has 2 amide bonds. The molecule has 2 aromatic carbocycles. The van der Waals surface area contributed by atoms with Crippen molar-refractivity contribution in [2.75, 3.05) is 47.7 Å². The molecule has 9 heteroatoms. The normalized spacial score (nSPS) is 15.2. The zero-order valence-corrected chi connectivity index (χ0v) is 20.6. The van der Waals surface area contributed by atoms with E-state index in [4.69, 9.17) is 4.74 Å². The van der Waals surface area contributed by atoms with Crippen LogP contribution < -0.4 is 20.0 Å². The van der Waals surface area contributed by atoms with Crippen molar-refractivity contribution in [3.05, 3.63) is 66.0 Å². The lowest BCUT2D eigenvalue weighted by atomic mass is 10.2. The molecule has 1 aliphatic rings. The molecule has 182 valence electrons. The van der Waals surface area contributed by atoms with E-state index in [0.717, 1.165) is 28.5 Å². The van der Waals surface area contributed by atoms with Crippen LogP contribution >= 0.6 is 0 Å². The summed E-state index contributed by atoms with van der Waals surface area (Å²) in [6.45, 7) is 4.19. The van der Waals surface area contributed by atoms with E-state index in [1.54, 1.807) is 17.0 Å². The van der Waals surface area contributed by atoms with Gasteiger partial charge in [-0.3, -0.25) is 10.1 Å². The van der Waals surface area contributed by atoms with Crippen LogP contribution in [0.2, 0.25) is 0 Å². The summed E-state index contributed by atoms with van der Waals surface area (Å²) in [5, 5.41) is 2.74. The average molecular weight is 475 g/mol. The Bertz CT molecular complexity index is 1190. The van der Waals surface area contributed by atoms with Crippen LogP contribution in [0.1, 0.15) is 17.8 Å². The molecule has 0 saturated carbocycles. The maximum absolute atomic E-state index is 12.5. The largest absolute Gasteiger partial charge is 0.444 e. The molecule has 1 aliphatic heterocycles. The number of carbonyl (C=O) groups is 2. The van der Waals surface area contributed by atoms with Crippen LogP contribution in [0, 0.1) is 13.8 Å². The standard InChI is InChI=1S/C26H30N6O3/c1-17-14-18(2)28-25(27-17)31(5)21-8-6-19(7-9-21)29-26(34)35-23-15-24(33)32(16-23)22-12-10-20(11-13-22)30(3)4/h6-14,23H,15-16H2,1-5H3,(H,29,34). The maximum Gasteiger partial charge on any atom is 0.411 e. The SMILES string of the molecule is Cc1cc(C)nc(N(C)c2ccc(NC(=O)OC3CC(=O)N(c4ccc(N(C)C)cc4)C3)cc2)n1. The number of carbonyl (C=O) groups excluding carboxylic acids is 2. The zero-order valence-electron chi connectivity index (χ0n) is 20.6. The summed E-state index contributed by atoms with van der Waals surface area (Å²) >= 11 is 0. The minimum Gasteiger partial charge on any atom is -0.444 e. The third kappa shape index (κ3) is 5.68. The van der Waals surface area contributed by atoms with E-state index in [2.05, 4.69) is 15.3 Å². The van der Waals surface area contributed by atoms with E-state index in [1.165, 1.54) is 0 Å². The number of rotatable bonds is 6. The molecule has 1 unspecified atom stereocenters. The fourth-order valence-corrected chi connectivity index (χ4v) is 3.97. The highest BCUT2D eigenvalue weighted by Gasteiger charge is 2.33. The topological polar surface area (TPSA) is 90.9 Å². The summed E-state index contributed by atoms with van der Waals surface area (Å²) in [5.74, 6) is 0.538. The number of nitrogens with zero attached hydrogens (tertiary/aromatic N) is 5. The Labute approximate surface area is 205 Å². The Morgan fingerprint density at radius 1 is 0.971 bits per heavy atom. The van der Waals surface area contributed by atoms with E-state index in [9.17, 15) is 9.59 Å². The molecule has 0 aliphatic carbocycles. The molecule has 1 saturated heterocycles. The van der Waals surface area contributed by atoms with Crippen molar-refractivity contribution in [2.45, 2.75) is 26.4 Å². The first-order valence-electron chi connectivity index (χ1n) is 11.4. The molecular weight excluding hydrogens is 444 g/mol. The lowest BCUT2D eigenvalue weighted by Crippen LogP contribution is -2.28. The van der Waals surface area contributed by atoms with E-state index in [0.29, 0.717) is 18.2 Å². The third-order valence-corrected chi connectivity index (χ3v) is 5.81. The molecule has 1 fully saturated rings. The molecule has 9 nitrogen and oxygen atoms in total. The number of benzene rings is 2. The number of hydrogen-bond donors (Lipinski definition) is 1. The van der Waals surface area contributed by atoms with Gasteiger partial charge >= 0.3 is 6.09 Å². The first-order valence-corrected chi connectivity index (χ1v) is 11.4. The zero-order chi connectivity index (χ0) is 25.1. The van der Waals surface area contributed by atoms with Crippen LogP contribution in [0.3, 0.4) is 0 Å². The van der Waals surface area contributed by atoms with Gasteiger partial charge in [-0.05, 0) is 68.4 Å². The summed E-state index contributed by atoms with van der Waals surface area (Å²) in [5.41, 5.74) is 5.11. The third-order valence-electron chi connectivity index (χ3n) is 5.81. The number of nitrogens with one attached hydrogen (secondary N) is 1. The van der Waals surface area contributed by atoms with Crippen molar-refractivity contribution in [2.24, 2.45) is 0 Å². The van der Waals surface area contributed by atoms with Gasteiger partial charge in [0.15, 0.2) is 0 Å². The highest BCUT2D eigenvalue weighted by molar-refractivity contribution is 5.96. The quantitative estimate of drug-likeness (QED) is 0.570. The minimum atomic E-state index is -0.591. The minimum absolute atomic E-state index is 0.0682. The fourth-order valence-electron chi connectivity index (χ4n) is 3.97. The molecule has 0 spiro atoms. The van der Waals surface area contributed by atoms with E-state index < -0.39 is 12.2 Å². The second kappa shape index (κ2) is 10.0. The number of aryl methyl sites for hydroxylation is 2. The van der Waals surface area contributed by atoms with Crippen molar-refractivity contribution in [3.8, 4) is 0 Å². The van der Waals surface area contributed by atoms with Gasteiger partial charge in [0.2, 0.25) is 11.9 Å². The van der Waals surface area contributed by atoms with Crippen LogP contribution in [0.25, 0.3) is 0 Å². The molecule has 0 radical (unpaired) electrons. The van der Waals surface area contributed by atoms with E-state index >= 15 is 0 Å². The highest BCUT2D eigenvalue weighted by Crippen LogP contribution is 2.26. The van der Waals surface area contributed by atoms with Crippen LogP contribution in [-0.2, 0) is 9.53 Å². The summed E-state index contributed by atoms with van der Waals surface area (Å²) in [7, 11) is 5.81. The second-order valence-electron chi connectivity index (χ2n) is 8.83. The second-order valence-corrected chi connectivity index (χ2v) is 8.83. The van der Waals surface area contributed by atoms with Gasteiger partial charge in [0, 0.05) is 55.3 Å². The molecule has 0 bridgehead atoms. The number of ether oxygens (including phenoxy) is 1. The van der Waals surface area contributed by atoms with Crippen molar-refractivity contribution in [1.82, 2.24) is 9.97 Å². The fraction of sp³-hybridized carbons (Fsp3) is 0.308. The maximum atomic E-state index is 12.5. The lowest BCUT2D eigenvalue weighted by molar-refractivity contribution is -0.117. The molecule has 3 aromatic rings. The molecule has 1 atom stereocenters. The summed E-state index contributed by atoms with van der Waals surface area (Å²) in [6.07, 6.45) is -0.947. The van der Waals surface area contributed by atoms with Crippen LogP contribution in [0.5, 0.6) is 0 Å². The van der Waals surface area contributed by atoms with Gasteiger partial charge in [0.25, 0.3) is 0 Å². The number of hydrogen-bond acceptors (Lipinski definition) is 7. The number of aromatic nitrogens is 2. The Hall–Kier alpha value is -4.14. The predicted molar refractivity (Wildman–Crippen MR) is 138 cm³/mol. The number of anilines is 5. The highest BCUT2D eigenvalue weighted by atomic mass is 16.6. The Balaban J connectivity index is 1.33. The summed E-state index contributed by atoms with van der Waals surface area (Å²) in [6, 6.07) is 16.9. The Morgan fingerprint density at radius 3 is 2.17 bits per heavy atom. The monoisotopic (exact) mass is 474 g/mol. The van der Waals surface area contributed by atoms with Gasteiger partial charge in [-0.15, -0.1) is 0 Å². The Kier molecular flexibility index (Phi) is 6.86. The molecule has 2 heterocycles. The predicted octanol–water partition coefficient (Wildman–Crippen LogP) is 4.28. The van der Waals surface area contributed by atoms with E-state index in [-0.39, 0.29) is 12.3 Å². The smallest absolute Gasteiger partial charge is 0.411 e. The van der Waals surface area contributed by atoms with Crippen molar-refractivity contribution in [1.29, 1.82) is 0 Å². The van der Waals surface area contributed by atoms with Gasteiger partial charge in [-0.25, -0.2) is 14.8 Å². The summed E-state index contributed by atoms with van der Waals surface area (Å²) in [4.78, 5) is 39.4. The Morgan fingerprint density at radius 2 is 1.57 bits per heavy atom. The van der Waals surface area contributed by atoms with Crippen LogP contribution in [-0.4, -0.2) is 55.8 Å². The van der Waals surface area contributed by atoms with Crippen molar-refractivity contribution < 1.29 is 14.3 Å². The molecule has 1 N–H and O–H groups in total. The lowest BCUT2D eigenvalue weighted by Gasteiger charge is -2.19.